The van der Waals surface area contributed by atoms with Crippen LogP contribution in [-0.2, 0) is 0 Å². The average Bonchev–Trinajstić information content (AvgIpc) is 2.69. The molecule has 0 saturated carbocycles. The number of rotatable bonds is 2. The van der Waals surface area contributed by atoms with E-state index < -0.39 is 5.60 Å². The van der Waals surface area contributed by atoms with E-state index in [0.717, 1.165) is 0 Å². The van der Waals surface area contributed by atoms with Gasteiger partial charge in [0.25, 0.3) is 5.91 Å². The number of carbonyl (C=O) groups is 1. The minimum Gasteiger partial charge on any atom is -0.388 e. The zero-order valence-electron chi connectivity index (χ0n) is 11.4. The first-order chi connectivity index (χ1) is 8.80. The van der Waals surface area contributed by atoms with Gasteiger partial charge in [-0.05, 0) is 13.3 Å². The van der Waals surface area contributed by atoms with E-state index in [1.165, 1.54) is 6.20 Å². The third-order valence-corrected chi connectivity index (χ3v) is 3.50. The number of carbonyl (C=O) groups excluding carboxylic acids is 1. The van der Waals surface area contributed by atoms with E-state index in [-0.39, 0.29) is 22.5 Å². The Labute approximate surface area is 117 Å². The maximum atomic E-state index is 12.4. The molecule has 19 heavy (non-hydrogen) atoms. The smallest absolute Gasteiger partial charge is 0.274 e. The maximum absolute atomic E-state index is 12.4. The van der Waals surface area contributed by atoms with Crippen molar-refractivity contribution in [1.82, 2.24) is 14.9 Å². The number of β-amino-alcohol motifs (C(OH)–C–C–N with tert-alkyl or cyclic N) is 1. The number of nitrogens with zero attached hydrogens (tertiary/aromatic N) is 3. The van der Waals surface area contributed by atoms with Gasteiger partial charge in [-0.3, -0.25) is 4.79 Å². The van der Waals surface area contributed by atoms with Gasteiger partial charge in [0.1, 0.15) is 5.82 Å². The monoisotopic (exact) mass is 283 g/mol. The summed E-state index contributed by atoms with van der Waals surface area (Å²) in [4.78, 5) is 22.3. The zero-order valence-corrected chi connectivity index (χ0v) is 12.1. The fourth-order valence-electron chi connectivity index (χ4n) is 2.08. The van der Waals surface area contributed by atoms with Crippen molar-refractivity contribution < 1.29 is 9.90 Å². The lowest BCUT2D eigenvalue weighted by atomic mass is 10.1. The Morgan fingerprint density at radius 3 is 2.79 bits per heavy atom. The van der Waals surface area contributed by atoms with E-state index in [1.54, 1.807) is 11.8 Å². The van der Waals surface area contributed by atoms with Crippen molar-refractivity contribution >= 4 is 17.5 Å². The molecule has 0 radical (unpaired) electrons. The molecule has 1 amide bonds. The summed E-state index contributed by atoms with van der Waals surface area (Å²) in [6, 6.07) is 0. The molecule has 1 saturated heterocycles. The number of aromatic nitrogens is 2. The maximum Gasteiger partial charge on any atom is 0.274 e. The summed E-state index contributed by atoms with van der Waals surface area (Å²) in [5.41, 5.74) is -0.603. The SMILES string of the molecule is CC(C)c1ncc(Cl)c(C(=O)N2CCC(C)(O)C2)n1. The summed E-state index contributed by atoms with van der Waals surface area (Å²) in [7, 11) is 0. The standard InChI is InChI=1S/C13H18ClN3O2/c1-8(2)11-15-6-9(14)10(16-11)12(18)17-5-4-13(3,19)7-17/h6,8,19H,4-5,7H2,1-3H3. The molecule has 1 unspecified atom stereocenters. The molecule has 2 heterocycles. The van der Waals surface area contributed by atoms with Crippen molar-refractivity contribution in [3.63, 3.8) is 0 Å². The summed E-state index contributed by atoms with van der Waals surface area (Å²) >= 11 is 6.01. The number of halogens is 1. The van der Waals surface area contributed by atoms with Crippen LogP contribution in [-0.4, -0.2) is 44.6 Å². The van der Waals surface area contributed by atoms with Crippen LogP contribution < -0.4 is 0 Å². The topological polar surface area (TPSA) is 66.3 Å². The van der Waals surface area contributed by atoms with Crippen LogP contribution in [0.25, 0.3) is 0 Å². The number of likely N-dealkylation sites (tertiary alicyclic amines) is 1. The fraction of sp³-hybridized carbons (Fsp3) is 0.615. The Morgan fingerprint density at radius 1 is 1.58 bits per heavy atom. The van der Waals surface area contributed by atoms with Gasteiger partial charge < -0.3 is 10.0 Å². The highest BCUT2D eigenvalue weighted by Crippen LogP contribution is 2.24. The molecular weight excluding hydrogens is 266 g/mol. The van der Waals surface area contributed by atoms with Crippen molar-refractivity contribution in [2.45, 2.75) is 38.7 Å². The highest BCUT2D eigenvalue weighted by Gasteiger charge is 2.35. The second kappa shape index (κ2) is 5.06. The second-order valence-corrected chi connectivity index (χ2v) is 5.96. The van der Waals surface area contributed by atoms with Crippen LogP contribution in [0.4, 0.5) is 0 Å². The first kappa shape index (κ1) is 14.2. The van der Waals surface area contributed by atoms with Crippen LogP contribution >= 0.6 is 11.6 Å². The van der Waals surface area contributed by atoms with Crippen LogP contribution in [0, 0.1) is 0 Å². The Kier molecular flexibility index (Phi) is 3.78. The summed E-state index contributed by atoms with van der Waals surface area (Å²) in [6.07, 6.45) is 2.03. The van der Waals surface area contributed by atoms with Gasteiger partial charge in [-0.2, -0.15) is 0 Å². The molecule has 1 fully saturated rings. The second-order valence-electron chi connectivity index (χ2n) is 5.55. The van der Waals surface area contributed by atoms with E-state index in [2.05, 4.69) is 9.97 Å². The highest BCUT2D eigenvalue weighted by molar-refractivity contribution is 6.33. The molecule has 1 aliphatic rings. The predicted octanol–water partition coefficient (Wildman–Crippen LogP) is 1.85. The van der Waals surface area contributed by atoms with Gasteiger partial charge in [0.15, 0.2) is 5.69 Å². The van der Waals surface area contributed by atoms with Gasteiger partial charge >= 0.3 is 0 Å². The lowest BCUT2D eigenvalue weighted by Gasteiger charge is -2.19. The molecule has 1 aliphatic heterocycles. The first-order valence-electron chi connectivity index (χ1n) is 6.34. The minimum atomic E-state index is -0.823. The van der Waals surface area contributed by atoms with Gasteiger partial charge in [0.2, 0.25) is 0 Å². The summed E-state index contributed by atoms with van der Waals surface area (Å²) in [6.45, 7) is 6.46. The zero-order chi connectivity index (χ0) is 14.2. The fourth-order valence-corrected chi connectivity index (χ4v) is 2.25. The van der Waals surface area contributed by atoms with Crippen LogP contribution in [0.1, 0.15) is 49.4 Å². The Hall–Kier alpha value is -1.20. The molecule has 0 aromatic carbocycles. The lowest BCUT2D eigenvalue weighted by Crippen LogP contribution is -2.34. The van der Waals surface area contributed by atoms with Gasteiger partial charge in [-0.1, -0.05) is 25.4 Å². The van der Waals surface area contributed by atoms with Crippen LogP contribution in [0.15, 0.2) is 6.20 Å². The normalized spacial score (nSPS) is 23.2. The molecule has 0 bridgehead atoms. The number of amides is 1. The van der Waals surface area contributed by atoms with Gasteiger partial charge in [0.05, 0.1) is 16.8 Å². The molecule has 1 aromatic heterocycles. The van der Waals surface area contributed by atoms with Crippen molar-refractivity contribution in [1.29, 1.82) is 0 Å². The van der Waals surface area contributed by atoms with Crippen molar-refractivity contribution in [2.24, 2.45) is 0 Å². The number of hydrogen-bond donors (Lipinski definition) is 1. The van der Waals surface area contributed by atoms with E-state index in [1.807, 2.05) is 13.8 Å². The molecule has 0 aliphatic carbocycles. The largest absolute Gasteiger partial charge is 0.388 e. The van der Waals surface area contributed by atoms with Gasteiger partial charge in [-0.15, -0.1) is 0 Å². The summed E-state index contributed by atoms with van der Waals surface area (Å²) < 4.78 is 0. The van der Waals surface area contributed by atoms with Crippen LogP contribution in [0.2, 0.25) is 5.02 Å². The van der Waals surface area contributed by atoms with Gasteiger partial charge in [-0.25, -0.2) is 9.97 Å². The molecule has 1 aromatic rings. The molecule has 1 N–H and O–H groups in total. The predicted molar refractivity (Wildman–Crippen MR) is 72.3 cm³/mol. The number of hydrogen-bond acceptors (Lipinski definition) is 4. The lowest BCUT2D eigenvalue weighted by molar-refractivity contribution is 0.0569. The molecule has 104 valence electrons. The first-order valence-corrected chi connectivity index (χ1v) is 6.72. The third kappa shape index (κ3) is 3.04. The van der Waals surface area contributed by atoms with Crippen LogP contribution in [0.3, 0.4) is 0 Å². The van der Waals surface area contributed by atoms with E-state index in [0.29, 0.717) is 25.3 Å². The molecule has 6 heteroatoms. The van der Waals surface area contributed by atoms with E-state index >= 15 is 0 Å². The van der Waals surface area contributed by atoms with E-state index in [9.17, 15) is 9.90 Å². The molecule has 2 rings (SSSR count). The highest BCUT2D eigenvalue weighted by atomic mass is 35.5. The molecular formula is C13H18ClN3O2. The summed E-state index contributed by atoms with van der Waals surface area (Å²) in [5, 5.41) is 10.2. The molecule has 0 spiro atoms. The van der Waals surface area contributed by atoms with Crippen molar-refractivity contribution in [2.75, 3.05) is 13.1 Å². The quantitative estimate of drug-likeness (QED) is 0.899. The van der Waals surface area contributed by atoms with E-state index in [4.69, 9.17) is 11.6 Å². The van der Waals surface area contributed by atoms with Crippen molar-refractivity contribution in [3.8, 4) is 0 Å². The number of aliphatic hydroxyl groups is 1. The third-order valence-electron chi connectivity index (χ3n) is 3.22. The Bertz CT molecular complexity index is 503. The van der Waals surface area contributed by atoms with Crippen molar-refractivity contribution in [3.05, 3.63) is 22.7 Å². The average molecular weight is 284 g/mol. The van der Waals surface area contributed by atoms with Gasteiger partial charge in [0, 0.05) is 19.0 Å². The Morgan fingerprint density at radius 2 is 2.26 bits per heavy atom. The molecule has 5 nitrogen and oxygen atoms in total. The molecule has 1 atom stereocenters. The van der Waals surface area contributed by atoms with Crippen LogP contribution in [0.5, 0.6) is 0 Å². The summed E-state index contributed by atoms with van der Waals surface area (Å²) in [5.74, 6) is 0.483. The minimum absolute atomic E-state index is 0.130. The Balaban J connectivity index is 2.26.